The number of hydrogen-bond donors (Lipinski definition) is 2. The van der Waals surface area contributed by atoms with Crippen LogP contribution >= 0.6 is 24.0 Å². The molecule has 2 N–H and O–H groups in total. The van der Waals surface area contributed by atoms with Gasteiger partial charge in [-0.3, -0.25) is 9.79 Å². The Morgan fingerprint density at radius 2 is 1.67 bits per heavy atom. The first-order valence-corrected chi connectivity index (χ1v) is 9.85. The lowest BCUT2D eigenvalue weighted by Gasteiger charge is -2.37. The van der Waals surface area contributed by atoms with Gasteiger partial charge in [0.2, 0.25) is 5.91 Å². The molecule has 1 aliphatic heterocycles. The van der Waals surface area contributed by atoms with Gasteiger partial charge in [-0.25, -0.2) is 0 Å². The Hall–Kier alpha value is -2.49. The van der Waals surface area contributed by atoms with Gasteiger partial charge in [-0.2, -0.15) is 0 Å². The zero-order chi connectivity index (χ0) is 20.5. The summed E-state index contributed by atoms with van der Waals surface area (Å²) in [5.74, 6) is 1.50. The normalized spacial score (nSPS) is 14.0. The van der Waals surface area contributed by atoms with Crippen molar-refractivity contribution in [1.82, 2.24) is 15.5 Å². The number of guanidine groups is 1. The van der Waals surface area contributed by atoms with Crippen LogP contribution in [0.1, 0.15) is 5.56 Å². The summed E-state index contributed by atoms with van der Waals surface area (Å²) < 4.78 is 5.14. The maximum Gasteiger partial charge on any atom is 0.239 e. The molecule has 1 amide bonds. The maximum absolute atomic E-state index is 12.2. The quantitative estimate of drug-likeness (QED) is 0.346. The third kappa shape index (κ3) is 6.79. The zero-order valence-electron chi connectivity index (χ0n) is 17.5. The van der Waals surface area contributed by atoms with Crippen molar-refractivity contribution in [2.24, 2.45) is 4.99 Å². The summed E-state index contributed by atoms with van der Waals surface area (Å²) in [7, 11) is 3.39. The molecular weight excluding hydrogens is 493 g/mol. The lowest BCUT2D eigenvalue weighted by Crippen LogP contribution is -2.53. The van der Waals surface area contributed by atoms with Crippen molar-refractivity contribution in [3.05, 3.63) is 60.2 Å². The molecule has 30 heavy (non-hydrogen) atoms. The molecule has 2 aromatic carbocycles. The van der Waals surface area contributed by atoms with Gasteiger partial charge >= 0.3 is 0 Å². The van der Waals surface area contributed by atoms with E-state index in [9.17, 15) is 4.79 Å². The van der Waals surface area contributed by atoms with Crippen LogP contribution in [-0.2, 0) is 11.3 Å². The van der Waals surface area contributed by atoms with Crippen LogP contribution in [0.5, 0.6) is 5.75 Å². The number of halogens is 1. The standard InChI is InChI=1S/C22H29N5O2.HI/c1-23-22(27-14-12-26(13-15-27)19-6-4-3-5-7-19)25-17-21(28)24-16-18-8-10-20(29-2)11-9-18;/h3-11H,12-17H2,1-2H3,(H,23,25)(H,24,28);1H. The van der Waals surface area contributed by atoms with Crippen molar-refractivity contribution < 1.29 is 9.53 Å². The Bertz CT molecular complexity index is 806. The highest BCUT2D eigenvalue weighted by Crippen LogP contribution is 2.15. The fraction of sp³-hybridized carbons (Fsp3) is 0.364. The molecule has 0 aliphatic carbocycles. The molecule has 0 spiro atoms. The third-order valence-corrected chi connectivity index (χ3v) is 4.97. The number of ether oxygens (including phenoxy) is 1. The highest BCUT2D eigenvalue weighted by molar-refractivity contribution is 14.0. The number of carbonyl (C=O) groups is 1. The molecule has 1 aliphatic rings. The van der Waals surface area contributed by atoms with Crippen molar-refractivity contribution in [2.45, 2.75) is 6.54 Å². The van der Waals surface area contributed by atoms with Gasteiger partial charge in [0.15, 0.2) is 5.96 Å². The van der Waals surface area contributed by atoms with E-state index in [2.05, 4.69) is 49.7 Å². The van der Waals surface area contributed by atoms with Crippen LogP contribution in [0.25, 0.3) is 0 Å². The Balaban J connectivity index is 0.00000320. The lowest BCUT2D eigenvalue weighted by atomic mass is 10.2. The number of nitrogens with zero attached hydrogens (tertiary/aromatic N) is 3. The average molecular weight is 523 g/mol. The van der Waals surface area contributed by atoms with Gasteiger partial charge < -0.3 is 25.2 Å². The third-order valence-electron chi connectivity index (χ3n) is 4.97. The van der Waals surface area contributed by atoms with E-state index >= 15 is 0 Å². The van der Waals surface area contributed by atoms with Gasteiger partial charge in [0.25, 0.3) is 0 Å². The summed E-state index contributed by atoms with van der Waals surface area (Å²) >= 11 is 0. The van der Waals surface area contributed by atoms with E-state index in [1.807, 2.05) is 30.3 Å². The van der Waals surface area contributed by atoms with E-state index in [0.29, 0.717) is 6.54 Å². The van der Waals surface area contributed by atoms with Crippen LogP contribution in [0.4, 0.5) is 5.69 Å². The lowest BCUT2D eigenvalue weighted by molar-refractivity contribution is -0.120. The van der Waals surface area contributed by atoms with E-state index < -0.39 is 0 Å². The fourth-order valence-corrected chi connectivity index (χ4v) is 3.31. The van der Waals surface area contributed by atoms with E-state index in [0.717, 1.165) is 43.5 Å². The Morgan fingerprint density at radius 1 is 1.00 bits per heavy atom. The molecule has 0 atom stereocenters. The molecule has 0 bridgehead atoms. The number of carbonyl (C=O) groups excluding carboxylic acids is 1. The zero-order valence-corrected chi connectivity index (χ0v) is 19.8. The van der Waals surface area contributed by atoms with Crippen LogP contribution in [0.3, 0.4) is 0 Å². The number of anilines is 1. The van der Waals surface area contributed by atoms with Crippen molar-refractivity contribution in [3.8, 4) is 5.75 Å². The smallest absolute Gasteiger partial charge is 0.239 e. The molecule has 7 nitrogen and oxygen atoms in total. The molecule has 0 radical (unpaired) electrons. The summed E-state index contributed by atoms with van der Waals surface area (Å²) in [4.78, 5) is 21.1. The van der Waals surface area contributed by atoms with Gasteiger partial charge in [0, 0.05) is 45.5 Å². The van der Waals surface area contributed by atoms with Crippen LogP contribution in [0.2, 0.25) is 0 Å². The Morgan fingerprint density at radius 3 is 2.27 bits per heavy atom. The number of rotatable bonds is 6. The van der Waals surface area contributed by atoms with E-state index in [-0.39, 0.29) is 36.4 Å². The number of benzene rings is 2. The topological polar surface area (TPSA) is 69.2 Å². The first-order valence-electron chi connectivity index (χ1n) is 9.85. The Kier molecular flexibility index (Phi) is 9.72. The average Bonchev–Trinajstić information content (AvgIpc) is 2.79. The number of nitrogens with one attached hydrogen (secondary N) is 2. The number of aliphatic imine (C=N–C) groups is 1. The van der Waals surface area contributed by atoms with E-state index in [4.69, 9.17) is 4.74 Å². The fourth-order valence-electron chi connectivity index (χ4n) is 3.31. The number of para-hydroxylation sites is 1. The summed E-state index contributed by atoms with van der Waals surface area (Å²) in [6.45, 7) is 4.26. The van der Waals surface area contributed by atoms with Crippen LogP contribution < -0.4 is 20.3 Å². The van der Waals surface area contributed by atoms with Crippen molar-refractivity contribution in [2.75, 3.05) is 51.8 Å². The van der Waals surface area contributed by atoms with Crippen LogP contribution in [0.15, 0.2) is 59.6 Å². The van der Waals surface area contributed by atoms with E-state index in [1.54, 1.807) is 14.2 Å². The minimum atomic E-state index is -0.0649. The summed E-state index contributed by atoms with van der Waals surface area (Å²) in [6, 6.07) is 18.1. The van der Waals surface area contributed by atoms with Crippen molar-refractivity contribution in [1.29, 1.82) is 0 Å². The monoisotopic (exact) mass is 523 g/mol. The van der Waals surface area contributed by atoms with Crippen LogP contribution in [0, 0.1) is 0 Å². The van der Waals surface area contributed by atoms with Gasteiger partial charge in [-0.05, 0) is 29.8 Å². The van der Waals surface area contributed by atoms with Gasteiger partial charge in [-0.15, -0.1) is 24.0 Å². The molecule has 0 aromatic heterocycles. The minimum Gasteiger partial charge on any atom is -0.497 e. The minimum absolute atomic E-state index is 0. The second kappa shape index (κ2) is 12.3. The maximum atomic E-state index is 12.2. The molecule has 2 aromatic rings. The number of methoxy groups -OCH3 is 1. The SMILES string of the molecule is CN=C(NCC(=O)NCc1ccc(OC)cc1)N1CCN(c2ccccc2)CC1.I. The van der Waals surface area contributed by atoms with Crippen LogP contribution in [-0.4, -0.2) is 63.6 Å². The van der Waals surface area contributed by atoms with Crippen molar-refractivity contribution >= 4 is 41.5 Å². The van der Waals surface area contributed by atoms with Gasteiger partial charge in [-0.1, -0.05) is 30.3 Å². The number of piperazine rings is 1. The first kappa shape index (κ1) is 23.8. The second-order valence-corrected chi connectivity index (χ2v) is 6.84. The molecule has 0 saturated carbocycles. The highest BCUT2D eigenvalue weighted by atomic mass is 127. The van der Waals surface area contributed by atoms with Crippen molar-refractivity contribution in [3.63, 3.8) is 0 Å². The molecule has 8 heteroatoms. The summed E-state index contributed by atoms with van der Waals surface area (Å²) in [6.07, 6.45) is 0. The predicted molar refractivity (Wildman–Crippen MR) is 132 cm³/mol. The molecule has 1 fully saturated rings. The molecule has 1 heterocycles. The second-order valence-electron chi connectivity index (χ2n) is 6.84. The predicted octanol–water partition coefficient (Wildman–Crippen LogP) is 2.33. The number of hydrogen-bond acceptors (Lipinski definition) is 4. The molecular formula is C22H30IN5O2. The largest absolute Gasteiger partial charge is 0.497 e. The Labute approximate surface area is 195 Å². The number of amides is 1. The first-order chi connectivity index (χ1) is 14.2. The van der Waals surface area contributed by atoms with Gasteiger partial charge in [0.1, 0.15) is 5.75 Å². The molecule has 3 rings (SSSR count). The molecule has 162 valence electrons. The summed E-state index contributed by atoms with van der Waals surface area (Å²) in [5, 5.41) is 6.10. The van der Waals surface area contributed by atoms with Gasteiger partial charge in [0.05, 0.1) is 13.7 Å². The molecule has 1 saturated heterocycles. The van der Waals surface area contributed by atoms with E-state index in [1.165, 1.54) is 5.69 Å². The molecule has 0 unspecified atom stereocenters. The highest BCUT2D eigenvalue weighted by Gasteiger charge is 2.20. The summed E-state index contributed by atoms with van der Waals surface area (Å²) in [5.41, 5.74) is 2.27.